The summed E-state index contributed by atoms with van der Waals surface area (Å²) in [7, 11) is 0. The van der Waals surface area contributed by atoms with Crippen molar-refractivity contribution in [2.24, 2.45) is 0 Å². The zero-order chi connectivity index (χ0) is 15.6. The average molecular weight is 484 g/mol. The average Bonchev–Trinajstić information content (AvgIpc) is 2.43. The fourth-order valence-corrected chi connectivity index (χ4v) is 3.37. The lowest BCUT2D eigenvalue weighted by Gasteiger charge is -2.12. The van der Waals surface area contributed by atoms with Crippen LogP contribution in [0.4, 0.5) is 10.1 Å². The largest absolute Gasteiger partial charge is 0.455 e. The number of benzene rings is 2. The lowest BCUT2D eigenvalue weighted by Crippen LogP contribution is -1.94. The van der Waals surface area contributed by atoms with Crippen molar-refractivity contribution in [3.63, 3.8) is 0 Å². The van der Waals surface area contributed by atoms with E-state index >= 15 is 0 Å². The molecule has 0 fully saturated rings. The van der Waals surface area contributed by atoms with E-state index < -0.39 is 4.92 Å². The Balaban J connectivity index is 2.43. The molecule has 4 nitrogen and oxygen atoms in total. The molecule has 0 aliphatic rings. The van der Waals surface area contributed by atoms with Crippen LogP contribution >= 0.6 is 47.8 Å². The van der Waals surface area contributed by atoms with Crippen molar-refractivity contribution >= 4 is 53.5 Å². The molecule has 0 radical (unpaired) electrons. The van der Waals surface area contributed by atoms with Gasteiger partial charge < -0.3 is 4.74 Å². The van der Waals surface area contributed by atoms with E-state index in [1.165, 1.54) is 30.3 Å². The van der Waals surface area contributed by atoms with Gasteiger partial charge in [0.15, 0.2) is 5.75 Å². The highest BCUT2D eigenvalue weighted by Gasteiger charge is 2.17. The van der Waals surface area contributed by atoms with E-state index in [0.29, 0.717) is 31.3 Å². The fraction of sp³-hybridized carbons (Fsp3) is 0.0769. The molecule has 2 aromatic carbocycles. The third-order valence-electron chi connectivity index (χ3n) is 2.57. The quantitative estimate of drug-likeness (QED) is 0.307. The molecule has 2 aromatic rings. The summed E-state index contributed by atoms with van der Waals surface area (Å²) in [4.78, 5) is 10.3. The monoisotopic (exact) mass is 481 g/mol. The number of rotatable bonds is 4. The molecule has 110 valence electrons. The van der Waals surface area contributed by atoms with Gasteiger partial charge in [-0.2, -0.15) is 0 Å². The van der Waals surface area contributed by atoms with Crippen LogP contribution in [0.5, 0.6) is 11.5 Å². The van der Waals surface area contributed by atoms with Gasteiger partial charge in [0.2, 0.25) is 0 Å². The topological polar surface area (TPSA) is 52.4 Å². The van der Waals surface area contributed by atoms with E-state index in [9.17, 15) is 14.5 Å². The van der Waals surface area contributed by atoms with Gasteiger partial charge in [0.05, 0.1) is 13.9 Å². The van der Waals surface area contributed by atoms with E-state index in [-0.39, 0.29) is 11.5 Å². The molecule has 0 spiro atoms. The van der Waals surface area contributed by atoms with Gasteiger partial charge in [0.25, 0.3) is 5.69 Å². The predicted molar refractivity (Wildman–Crippen MR) is 87.6 cm³/mol. The normalized spacial score (nSPS) is 10.5. The van der Waals surface area contributed by atoms with Gasteiger partial charge in [-0.1, -0.05) is 15.9 Å². The summed E-state index contributed by atoms with van der Waals surface area (Å²) in [5.41, 5.74) is 0.563. The number of hydrogen-bond donors (Lipinski definition) is 0. The first-order valence-electron chi connectivity index (χ1n) is 5.58. The molecule has 8 heteroatoms. The van der Waals surface area contributed by atoms with E-state index in [4.69, 9.17) is 4.74 Å². The highest BCUT2D eigenvalue weighted by Crippen LogP contribution is 2.40. The first-order valence-corrected chi connectivity index (χ1v) is 8.28. The molecule has 0 aliphatic carbocycles. The molecule has 0 heterocycles. The van der Waals surface area contributed by atoms with E-state index in [0.717, 1.165) is 0 Å². The smallest absolute Gasteiger partial charge is 0.271 e. The number of non-ortho nitro benzene ring substituents is 1. The fourth-order valence-electron chi connectivity index (χ4n) is 1.61. The van der Waals surface area contributed by atoms with Crippen LogP contribution in [0, 0.1) is 15.9 Å². The second kappa shape index (κ2) is 6.85. The van der Waals surface area contributed by atoms with Crippen LogP contribution in [0.2, 0.25) is 0 Å². The minimum atomic E-state index is -0.499. The Morgan fingerprint density at radius 2 is 1.81 bits per heavy atom. The summed E-state index contributed by atoms with van der Waals surface area (Å²) < 4.78 is 19.8. The lowest BCUT2D eigenvalue weighted by molar-refractivity contribution is -0.385. The van der Waals surface area contributed by atoms with Crippen LogP contribution in [0.15, 0.2) is 39.3 Å². The molecule has 0 atom stereocenters. The molecule has 0 saturated heterocycles. The molecule has 21 heavy (non-hydrogen) atoms. The van der Waals surface area contributed by atoms with Gasteiger partial charge in [-0.05, 0) is 50.1 Å². The number of hydrogen-bond acceptors (Lipinski definition) is 3. The Hall–Kier alpha value is -0.990. The van der Waals surface area contributed by atoms with Crippen LogP contribution in [-0.4, -0.2) is 4.92 Å². The van der Waals surface area contributed by atoms with Crippen molar-refractivity contribution in [3.8, 4) is 11.5 Å². The van der Waals surface area contributed by atoms with Gasteiger partial charge in [0.1, 0.15) is 11.6 Å². The van der Waals surface area contributed by atoms with E-state index in [1.807, 2.05) is 0 Å². The molecule has 2 rings (SSSR count). The van der Waals surface area contributed by atoms with Crippen molar-refractivity contribution < 1.29 is 14.1 Å². The van der Waals surface area contributed by atoms with Gasteiger partial charge in [-0.3, -0.25) is 10.1 Å². The van der Waals surface area contributed by atoms with Gasteiger partial charge >= 0.3 is 0 Å². The predicted octanol–water partition coefficient (Wildman–Crippen LogP) is 5.95. The summed E-state index contributed by atoms with van der Waals surface area (Å²) >= 11 is 9.74. The van der Waals surface area contributed by atoms with Crippen LogP contribution in [0.3, 0.4) is 0 Å². The minimum Gasteiger partial charge on any atom is -0.455 e. The molecular weight excluding hydrogens is 477 g/mol. The second-order valence-corrected chi connectivity index (χ2v) is 6.25. The summed E-state index contributed by atoms with van der Waals surface area (Å²) in [5.74, 6) is 0.483. The number of halogens is 4. The number of ether oxygens (including phenoxy) is 1. The Morgan fingerprint density at radius 3 is 2.33 bits per heavy atom. The van der Waals surface area contributed by atoms with Crippen LogP contribution in [0.1, 0.15) is 5.56 Å². The van der Waals surface area contributed by atoms with Crippen molar-refractivity contribution in [1.29, 1.82) is 0 Å². The summed E-state index contributed by atoms with van der Waals surface area (Å²) in [6.45, 7) is 0. The maximum atomic E-state index is 13.2. The zero-order valence-corrected chi connectivity index (χ0v) is 15.0. The SMILES string of the molecule is O=[N+]([O-])c1cc(Br)c(Oc2ccc(F)cc2CBr)c(Br)c1. The molecule has 0 unspecified atom stereocenters. The van der Waals surface area contributed by atoms with Crippen LogP contribution in [0.25, 0.3) is 0 Å². The maximum Gasteiger partial charge on any atom is 0.271 e. The Kier molecular flexibility index (Phi) is 5.34. The van der Waals surface area contributed by atoms with Gasteiger partial charge in [-0.25, -0.2) is 4.39 Å². The lowest BCUT2D eigenvalue weighted by atomic mass is 10.2. The Morgan fingerprint density at radius 1 is 1.19 bits per heavy atom. The van der Waals surface area contributed by atoms with Crippen molar-refractivity contribution in [2.45, 2.75) is 5.33 Å². The second-order valence-electron chi connectivity index (χ2n) is 3.98. The Labute approximate surface area is 144 Å². The number of nitrogens with zero attached hydrogens (tertiary/aromatic N) is 1. The summed E-state index contributed by atoms with van der Waals surface area (Å²) in [6, 6.07) is 6.84. The van der Waals surface area contributed by atoms with Gasteiger partial charge in [-0.15, -0.1) is 0 Å². The Bertz CT molecular complexity index is 686. The van der Waals surface area contributed by atoms with Gasteiger partial charge in [0, 0.05) is 23.0 Å². The summed E-state index contributed by atoms with van der Waals surface area (Å²) in [5, 5.41) is 11.2. The highest BCUT2D eigenvalue weighted by molar-refractivity contribution is 9.11. The first kappa shape index (κ1) is 16.4. The molecule has 0 aliphatic heterocycles. The van der Waals surface area contributed by atoms with Crippen LogP contribution < -0.4 is 4.74 Å². The van der Waals surface area contributed by atoms with Crippen molar-refractivity contribution in [1.82, 2.24) is 0 Å². The molecule has 0 N–H and O–H groups in total. The van der Waals surface area contributed by atoms with Crippen molar-refractivity contribution in [3.05, 3.63) is 60.8 Å². The number of nitro benzene ring substituents is 1. The van der Waals surface area contributed by atoms with Crippen molar-refractivity contribution in [2.75, 3.05) is 0 Å². The third-order valence-corrected chi connectivity index (χ3v) is 4.35. The molecule has 0 amide bonds. The minimum absolute atomic E-state index is 0.0686. The van der Waals surface area contributed by atoms with E-state index in [2.05, 4.69) is 47.8 Å². The third kappa shape index (κ3) is 3.81. The molecule has 0 aromatic heterocycles. The zero-order valence-electron chi connectivity index (χ0n) is 10.3. The number of alkyl halides is 1. The number of nitro groups is 1. The maximum absolute atomic E-state index is 13.2. The molecule has 0 bridgehead atoms. The highest BCUT2D eigenvalue weighted by atomic mass is 79.9. The van der Waals surface area contributed by atoms with Crippen LogP contribution in [-0.2, 0) is 5.33 Å². The summed E-state index contributed by atoms with van der Waals surface area (Å²) in [6.07, 6.45) is 0. The standard InChI is InChI=1S/C13H7Br3FNO3/c14-6-7-3-8(17)1-2-12(7)21-13-10(15)4-9(18(19)20)5-11(13)16/h1-5H,6H2. The molecule has 0 saturated carbocycles. The van der Waals surface area contributed by atoms with E-state index in [1.54, 1.807) is 0 Å². The first-order chi connectivity index (χ1) is 9.92. The molecular formula is C13H7Br3FNO3.